The number of unbranched alkanes of at least 4 members (excludes halogenated alkanes) is 2. The molecule has 7 rings (SSSR count). The topological polar surface area (TPSA) is 178 Å². The number of pyridine rings is 2. The molecule has 1 aliphatic carbocycles. The highest BCUT2D eigenvalue weighted by Gasteiger charge is 2.28. The van der Waals surface area contributed by atoms with Crippen molar-refractivity contribution < 1.29 is 27.5 Å². The van der Waals surface area contributed by atoms with E-state index in [0.29, 0.717) is 71.4 Å². The maximum atomic E-state index is 14.0. The lowest BCUT2D eigenvalue weighted by atomic mass is 9.89. The van der Waals surface area contributed by atoms with Crippen molar-refractivity contribution in [1.29, 1.82) is 0 Å². The Hall–Kier alpha value is -5.22. The number of thiazole rings is 1. The van der Waals surface area contributed by atoms with E-state index >= 15 is 0 Å². The first kappa shape index (κ1) is 39.0. The first-order valence-corrected chi connectivity index (χ1v) is 21.6. The Bertz CT molecular complexity index is 2320. The van der Waals surface area contributed by atoms with Crippen molar-refractivity contribution in [3.05, 3.63) is 82.9 Å². The van der Waals surface area contributed by atoms with Gasteiger partial charge in [0.25, 0.3) is 11.8 Å². The van der Waals surface area contributed by atoms with Gasteiger partial charge in [0, 0.05) is 54.6 Å². The van der Waals surface area contributed by atoms with Crippen LogP contribution in [0.15, 0.2) is 54.9 Å². The zero-order valence-corrected chi connectivity index (χ0v) is 33.3. The zero-order chi connectivity index (χ0) is 39.2. The summed E-state index contributed by atoms with van der Waals surface area (Å²) >= 11 is 1.30. The maximum absolute atomic E-state index is 14.0. The van der Waals surface area contributed by atoms with Crippen LogP contribution in [0.25, 0.3) is 21.5 Å². The Morgan fingerprint density at radius 2 is 1.80 bits per heavy atom. The molecule has 2 N–H and O–H groups in total. The number of fused-ring (bicyclic) bond motifs is 2. The quantitative estimate of drug-likeness (QED) is 0.0933. The summed E-state index contributed by atoms with van der Waals surface area (Å²) in [5.74, 6) is -0.751. The molecule has 0 bridgehead atoms. The number of sulfonamides is 1. The number of anilines is 2. The number of carbonyl (C=O) groups excluding carboxylic acids is 3. The molecule has 0 atom stereocenters. The van der Waals surface area contributed by atoms with Gasteiger partial charge in [-0.3, -0.25) is 24.4 Å². The highest BCUT2D eigenvalue weighted by atomic mass is 32.2. The smallest absolute Gasteiger partial charge is 0.305 e. The Morgan fingerprint density at radius 1 is 0.964 bits per heavy atom. The number of ether oxygens (including phenoxy) is 1. The third-order valence-electron chi connectivity index (χ3n) is 10.6. The standard InChI is InChI=1S/C40H46N8O6S2/c1-26-31(23-42-48(26)24-27-11-5-3-6-12-27)29-17-18-34(44-36(29)38(51)46-56(52,53)22-8-4-7-16-35(49)54-2)47-21-19-28-13-9-14-30(32(28)25-47)37(50)45-40-43-33-15-10-20-41-39(33)55-40/h9-10,13-15,17-18,20,23,27H,3-8,11-12,16,19,21-22,24-25H2,1-2H3,(H,46,51)(H,43,45,50). The number of hydrogen-bond acceptors (Lipinski definition) is 12. The second kappa shape index (κ2) is 17.3. The zero-order valence-electron chi connectivity index (χ0n) is 31.6. The lowest BCUT2D eigenvalue weighted by molar-refractivity contribution is -0.140. The van der Waals surface area contributed by atoms with Gasteiger partial charge in [-0.05, 0) is 86.4 Å². The molecule has 1 aliphatic heterocycles. The van der Waals surface area contributed by atoms with Crippen LogP contribution in [0.3, 0.4) is 0 Å². The molecule has 56 heavy (non-hydrogen) atoms. The molecule has 5 heterocycles. The molecule has 1 fully saturated rings. The molecule has 2 amide bonds. The summed E-state index contributed by atoms with van der Waals surface area (Å²) in [7, 11) is -2.72. The third kappa shape index (κ3) is 9.07. The van der Waals surface area contributed by atoms with Crippen molar-refractivity contribution in [3.8, 4) is 11.1 Å². The Labute approximate surface area is 330 Å². The molecule has 16 heteroatoms. The minimum Gasteiger partial charge on any atom is -0.469 e. The van der Waals surface area contributed by atoms with Crippen molar-refractivity contribution in [2.75, 3.05) is 29.6 Å². The molecule has 4 aromatic heterocycles. The summed E-state index contributed by atoms with van der Waals surface area (Å²) < 4.78 is 35.3. The normalized spacial score (nSPS) is 14.7. The molecule has 0 unspecified atom stereocenters. The molecule has 1 aromatic carbocycles. The van der Waals surface area contributed by atoms with E-state index in [9.17, 15) is 22.8 Å². The van der Waals surface area contributed by atoms with Gasteiger partial charge in [-0.25, -0.2) is 28.1 Å². The van der Waals surface area contributed by atoms with E-state index in [0.717, 1.165) is 41.0 Å². The van der Waals surface area contributed by atoms with Gasteiger partial charge >= 0.3 is 5.97 Å². The highest BCUT2D eigenvalue weighted by Crippen LogP contribution is 2.33. The third-order valence-corrected chi connectivity index (χ3v) is 12.9. The van der Waals surface area contributed by atoms with Crippen LogP contribution in [0, 0.1) is 12.8 Å². The number of methoxy groups -OCH3 is 1. The van der Waals surface area contributed by atoms with Crippen molar-refractivity contribution >= 4 is 60.4 Å². The van der Waals surface area contributed by atoms with Crippen molar-refractivity contribution in [3.63, 3.8) is 0 Å². The molecule has 0 saturated heterocycles. The summed E-state index contributed by atoms with van der Waals surface area (Å²) in [6, 6.07) is 13.0. The Kier molecular flexibility index (Phi) is 12.0. The van der Waals surface area contributed by atoms with Gasteiger partial charge in [0.2, 0.25) is 10.0 Å². The minimum absolute atomic E-state index is 0.0293. The van der Waals surface area contributed by atoms with Crippen LogP contribution in [0.5, 0.6) is 0 Å². The molecule has 14 nitrogen and oxygen atoms in total. The van der Waals surface area contributed by atoms with Gasteiger partial charge in [-0.1, -0.05) is 49.2 Å². The summed E-state index contributed by atoms with van der Waals surface area (Å²) in [4.78, 5) is 55.5. The predicted molar refractivity (Wildman–Crippen MR) is 215 cm³/mol. The fraction of sp³-hybridized carbons (Fsp3) is 0.425. The fourth-order valence-electron chi connectivity index (χ4n) is 7.58. The first-order valence-electron chi connectivity index (χ1n) is 19.1. The number of aromatic nitrogens is 5. The number of nitrogens with one attached hydrogen (secondary N) is 2. The second-order valence-corrected chi connectivity index (χ2v) is 17.3. The van der Waals surface area contributed by atoms with E-state index in [1.165, 1.54) is 37.7 Å². The van der Waals surface area contributed by atoms with Crippen molar-refractivity contribution in [2.24, 2.45) is 5.92 Å². The summed E-state index contributed by atoms with van der Waals surface area (Å²) in [6.45, 7) is 3.65. The van der Waals surface area contributed by atoms with Crippen LogP contribution in [0.2, 0.25) is 0 Å². The number of benzene rings is 1. The van der Waals surface area contributed by atoms with E-state index in [1.54, 1.807) is 30.6 Å². The van der Waals surface area contributed by atoms with Gasteiger partial charge in [0.05, 0.1) is 19.1 Å². The number of nitrogens with zero attached hydrogens (tertiary/aromatic N) is 6. The average molecular weight is 799 g/mol. The van der Waals surface area contributed by atoms with Crippen LogP contribution >= 0.6 is 11.3 Å². The minimum atomic E-state index is -4.03. The molecule has 0 radical (unpaired) electrons. The maximum Gasteiger partial charge on any atom is 0.305 e. The number of rotatable bonds is 14. The van der Waals surface area contributed by atoms with E-state index in [1.807, 2.05) is 40.8 Å². The largest absolute Gasteiger partial charge is 0.469 e. The molecular weight excluding hydrogens is 753 g/mol. The lowest BCUT2D eigenvalue weighted by Crippen LogP contribution is -2.35. The second-order valence-electron chi connectivity index (χ2n) is 14.4. The van der Waals surface area contributed by atoms with E-state index in [4.69, 9.17) is 10.1 Å². The van der Waals surface area contributed by atoms with E-state index in [2.05, 4.69) is 24.7 Å². The van der Waals surface area contributed by atoms with Crippen molar-refractivity contribution in [2.45, 2.75) is 84.2 Å². The van der Waals surface area contributed by atoms with Gasteiger partial charge in [0.1, 0.15) is 21.9 Å². The van der Waals surface area contributed by atoms with Crippen LogP contribution in [-0.2, 0) is 39.1 Å². The fourth-order valence-corrected chi connectivity index (χ4v) is 9.45. The monoisotopic (exact) mass is 798 g/mol. The number of hydrogen-bond donors (Lipinski definition) is 2. The van der Waals surface area contributed by atoms with Crippen LogP contribution in [0.1, 0.15) is 95.5 Å². The molecular formula is C40H46N8O6S2. The summed E-state index contributed by atoms with van der Waals surface area (Å²) in [6.07, 6.45) is 11.5. The highest BCUT2D eigenvalue weighted by molar-refractivity contribution is 7.90. The number of amides is 2. The molecule has 0 spiro atoms. The van der Waals surface area contributed by atoms with Gasteiger partial charge in [0.15, 0.2) is 5.13 Å². The van der Waals surface area contributed by atoms with Gasteiger partial charge in [-0.15, -0.1) is 0 Å². The van der Waals surface area contributed by atoms with E-state index < -0.39 is 15.9 Å². The molecule has 1 saturated carbocycles. The van der Waals surface area contributed by atoms with E-state index in [-0.39, 0.29) is 36.2 Å². The molecule has 294 valence electrons. The van der Waals surface area contributed by atoms with Crippen molar-refractivity contribution in [1.82, 2.24) is 29.5 Å². The number of esters is 1. The number of carbonyl (C=O) groups is 3. The first-order chi connectivity index (χ1) is 27.1. The summed E-state index contributed by atoms with van der Waals surface area (Å²) in [5, 5.41) is 8.09. The SMILES string of the molecule is COC(=O)CCCCCS(=O)(=O)NC(=O)c1nc(N2CCc3cccc(C(=O)Nc4nc5cccnc5s4)c3C2)ccc1-c1cnn(CC2CCCCC2)c1C. The van der Waals surface area contributed by atoms with Crippen LogP contribution < -0.4 is 14.9 Å². The average Bonchev–Trinajstić information content (AvgIpc) is 3.78. The van der Waals surface area contributed by atoms with Gasteiger partial charge in [-0.2, -0.15) is 5.10 Å². The Morgan fingerprint density at radius 3 is 2.61 bits per heavy atom. The van der Waals surface area contributed by atoms with Gasteiger partial charge < -0.3 is 9.64 Å². The summed E-state index contributed by atoms with van der Waals surface area (Å²) in [5.41, 5.74) is 5.12. The molecule has 5 aromatic rings. The molecule has 2 aliphatic rings. The van der Waals surface area contributed by atoms with Crippen LogP contribution in [0.4, 0.5) is 10.9 Å². The van der Waals surface area contributed by atoms with Crippen LogP contribution in [-0.4, -0.2) is 70.3 Å². The predicted octanol–water partition coefficient (Wildman–Crippen LogP) is 6.45. The lowest BCUT2D eigenvalue weighted by Gasteiger charge is -2.31. The Balaban J connectivity index is 1.14.